The van der Waals surface area contributed by atoms with Crippen LogP contribution in [0.1, 0.15) is 27.7 Å². The van der Waals surface area contributed by atoms with Gasteiger partial charge in [0, 0.05) is 11.0 Å². The van der Waals surface area contributed by atoms with Gasteiger partial charge >= 0.3 is 0 Å². The molecule has 0 fully saturated rings. The van der Waals surface area contributed by atoms with E-state index in [-0.39, 0.29) is 6.10 Å². The maximum Gasteiger partial charge on any atom is 0.0602 e. The maximum absolute atomic E-state index is 8.96. The lowest BCUT2D eigenvalue weighted by molar-refractivity contribution is 0.220. The summed E-state index contributed by atoms with van der Waals surface area (Å²) in [5.74, 6) is 1.57. The van der Waals surface area contributed by atoms with Crippen molar-refractivity contribution in [1.82, 2.24) is 0 Å². The fourth-order valence-electron chi connectivity index (χ4n) is 0.483. The van der Waals surface area contributed by atoms with E-state index < -0.39 is 0 Å². The van der Waals surface area contributed by atoms with Crippen LogP contribution < -0.4 is 0 Å². The zero-order valence-electron chi connectivity index (χ0n) is 7.29. The van der Waals surface area contributed by atoms with Gasteiger partial charge in [0.1, 0.15) is 0 Å². The summed E-state index contributed by atoms with van der Waals surface area (Å²) in [6.07, 6.45) is -0.161. The van der Waals surface area contributed by atoms with E-state index in [1.165, 1.54) is 0 Å². The van der Waals surface area contributed by atoms with Crippen LogP contribution in [0.5, 0.6) is 0 Å². The van der Waals surface area contributed by atoms with Crippen LogP contribution in [0.25, 0.3) is 0 Å². The number of hydrogen-bond acceptors (Lipinski definition) is 2. The predicted octanol–water partition coefficient (Wildman–Crippen LogP) is 2.14. The zero-order valence-corrected chi connectivity index (χ0v) is 8.11. The van der Waals surface area contributed by atoms with Gasteiger partial charge in [-0.3, -0.25) is 0 Å². The lowest BCUT2D eigenvalue weighted by atomic mass is 10.2. The van der Waals surface area contributed by atoms with E-state index in [1.54, 1.807) is 0 Å². The van der Waals surface area contributed by atoms with Crippen molar-refractivity contribution in [2.24, 2.45) is 5.92 Å². The molecule has 2 atom stereocenters. The molecule has 1 nitrogen and oxygen atoms in total. The predicted molar refractivity (Wildman–Crippen MR) is 48.4 cm³/mol. The molecule has 0 bridgehead atoms. The molecule has 0 saturated carbocycles. The quantitative estimate of drug-likeness (QED) is 0.683. The van der Waals surface area contributed by atoms with Gasteiger partial charge < -0.3 is 5.11 Å². The molecule has 0 aliphatic heterocycles. The normalized spacial score (nSPS) is 17.4. The minimum atomic E-state index is -0.161. The van der Waals surface area contributed by atoms with Gasteiger partial charge in [0.15, 0.2) is 0 Å². The average molecular weight is 162 g/mol. The minimum absolute atomic E-state index is 0.161. The van der Waals surface area contributed by atoms with Crippen LogP contribution >= 0.6 is 11.8 Å². The summed E-state index contributed by atoms with van der Waals surface area (Å²) in [5, 5.41) is 9.62. The molecule has 0 radical (unpaired) electrons. The molecule has 62 valence electrons. The Labute approximate surface area is 68.2 Å². The van der Waals surface area contributed by atoms with Crippen LogP contribution in [-0.4, -0.2) is 22.2 Å². The fraction of sp³-hybridized carbons (Fsp3) is 1.00. The molecule has 1 unspecified atom stereocenters. The molecule has 0 spiro atoms. The molecule has 0 aromatic carbocycles. The summed E-state index contributed by atoms with van der Waals surface area (Å²) < 4.78 is 0. The third-order valence-corrected chi connectivity index (χ3v) is 3.28. The molecule has 0 aliphatic carbocycles. The largest absolute Gasteiger partial charge is 0.393 e. The third-order valence-electron chi connectivity index (χ3n) is 1.54. The number of hydrogen-bond donors (Lipinski definition) is 1. The van der Waals surface area contributed by atoms with Crippen LogP contribution in [0, 0.1) is 5.92 Å². The van der Waals surface area contributed by atoms with Gasteiger partial charge in [-0.2, -0.15) is 11.8 Å². The first-order valence-corrected chi connectivity index (χ1v) is 4.88. The van der Waals surface area contributed by atoms with Crippen molar-refractivity contribution in [2.45, 2.75) is 39.0 Å². The van der Waals surface area contributed by atoms with Crippen molar-refractivity contribution >= 4 is 11.8 Å². The highest BCUT2D eigenvalue weighted by Crippen LogP contribution is 2.18. The second-order valence-electron chi connectivity index (χ2n) is 3.13. The standard InChI is InChI=1S/C8H18OS/c1-6(2)8(4)10-5-7(3)9/h6-9H,5H2,1-4H3/t7-,8?/m1/s1. The summed E-state index contributed by atoms with van der Waals surface area (Å²) in [6.45, 7) is 8.46. The molecule has 0 aromatic heterocycles. The Kier molecular flexibility index (Phi) is 5.18. The van der Waals surface area contributed by atoms with Crippen molar-refractivity contribution in [2.75, 3.05) is 5.75 Å². The molecule has 0 heterocycles. The monoisotopic (exact) mass is 162 g/mol. The zero-order chi connectivity index (χ0) is 8.15. The van der Waals surface area contributed by atoms with Crippen molar-refractivity contribution < 1.29 is 5.11 Å². The van der Waals surface area contributed by atoms with E-state index in [9.17, 15) is 0 Å². The molecule has 0 aliphatic rings. The summed E-state index contributed by atoms with van der Waals surface area (Å²) >= 11 is 1.84. The Morgan fingerprint density at radius 2 is 1.70 bits per heavy atom. The van der Waals surface area contributed by atoms with Crippen molar-refractivity contribution in [3.8, 4) is 0 Å². The van der Waals surface area contributed by atoms with Crippen molar-refractivity contribution in [1.29, 1.82) is 0 Å². The molecular formula is C8H18OS. The van der Waals surface area contributed by atoms with Crippen LogP contribution in [0.3, 0.4) is 0 Å². The minimum Gasteiger partial charge on any atom is -0.393 e. The molecule has 0 saturated heterocycles. The van der Waals surface area contributed by atoms with Crippen molar-refractivity contribution in [3.05, 3.63) is 0 Å². The first-order chi connectivity index (χ1) is 4.54. The van der Waals surface area contributed by atoms with E-state index in [2.05, 4.69) is 20.8 Å². The summed E-state index contributed by atoms with van der Waals surface area (Å²) in [5.41, 5.74) is 0. The Bertz CT molecular complexity index is 81.3. The summed E-state index contributed by atoms with van der Waals surface area (Å²) in [4.78, 5) is 0. The molecule has 0 aromatic rings. The second kappa shape index (κ2) is 5.03. The highest BCUT2D eigenvalue weighted by atomic mass is 32.2. The fourth-order valence-corrected chi connectivity index (χ4v) is 1.45. The summed E-state index contributed by atoms with van der Waals surface area (Å²) in [7, 11) is 0. The van der Waals surface area contributed by atoms with Gasteiger partial charge in [-0.05, 0) is 12.8 Å². The van der Waals surface area contributed by atoms with Crippen LogP contribution in [0.15, 0.2) is 0 Å². The summed E-state index contributed by atoms with van der Waals surface area (Å²) in [6, 6.07) is 0. The van der Waals surface area contributed by atoms with E-state index in [4.69, 9.17) is 5.11 Å². The smallest absolute Gasteiger partial charge is 0.0602 e. The van der Waals surface area contributed by atoms with E-state index in [0.29, 0.717) is 11.2 Å². The first kappa shape index (κ1) is 10.3. The van der Waals surface area contributed by atoms with E-state index in [1.807, 2.05) is 18.7 Å². The van der Waals surface area contributed by atoms with Crippen molar-refractivity contribution in [3.63, 3.8) is 0 Å². The van der Waals surface area contributed by atoms with Gasteiger partial charge in [0.2, 0.25) is 0 Å². The van der Waals surface area contributed by atoms with E-state index in [0.717, 1.165) is 5.75 Å². The average Bonchev–Trinajstić information content (AvgIpc) is 1.82. The highest BCUT2D eigenvalue weighted by Gasteiger charge is 2.07. The molecule has 1 N–H and O–H groups in total. The Morgan fingerprint density at radius 3 is 2.00 bits per heavy atom. The first-order valence-electron chi connectivity index (χ1n) is 3.83. The Hall–Kier alpha value is 0.310. The van der Waals surface area contributed by atoms with Gasteiger partial charge in [0.05, 0.1) is 6.10 Å². The van der Waals surface area contributed by atoms with Crippen LogP contribution in [0.2, 0.25) is 0 Å². The second-order valence-corrected chi connectivity index (χ2v) is 4.54. The number of rotatable bonds is 4. The molecule has 10 heavy (non-hydrogen) atoms. The Balaban J connectivity index is 3.30. The van der Waals surface area contributed by atoms with Crippen LogP contribution in [0.4, 0.5) is 0 Å². The van der Waals surface area contributed by atoms with E-state index >= 15 is 0 Å². The van der Waals surface area contributed by atoms with Gasteiger partial charge in [-0.25, -0.2) is 0 Å². The maximum atomic E-state index is 8.96. The van der Waals surface area contributed by atoms with Crippen LogP contribution in [-0.2, 0) is 0 Å². The third kappa shape index (κ3) is 5.12. The number of aliphatic hydroxyl groups is 1. The SMILES string of the molecule is CC(C)C(C)SC[C@@H](C)O. The molecular weight excluding hydrogens is 144 g/mol. The molecule has 2 heteroatoms. The topological polar surface area (TPSA) is 20.2 Å². The molecule has 0 amide bonds. The lowest BCUT2D eigenvalue weighted by Gasteiger charge is -2.15. The highest BCUT2D eigenvalue weighted by molar-refractivity contribution is 7.99. The van der Waals surface area contributed by atoms with Gasteiger partial charge in [-0.15, -0.1) is 0 Å². The van der Waals surface area contributed by atoms with Gasteiger partial charge in [-0.1, -0.05) is 20.8 Å². The lowest BCUT2D eigenvalue weighted by Crippen LogP contribution is -2.11. The molecule has 0 rings (SSSR count). The number of aliphatic hydroxyl groups excluding tert-OH is 1. The Morgan fingerprint density at radius 1 is 1.20 bits per heavy atom. The van der Waals surface area contributed by atoms with Gasteiger partial charge in [0.25, 0.3) is 0 Å². The number of thioether (sulfide) groups is 1.